The Morgan fingerprint density at radius 3 is 2.59 bits per heavy atom. The Morgan fingerprint density at radius 1 is 1.23 bits per heavy atom. The number of ether oxygens (including phenoxy) is 1. The van der Waals surface area contributed by atoms with Gasteiger partial charge in [0.25, 0.3) is 0 Å². The second-order valence-electron chi connectivity index (χ2n) is 5.32. The summed E-state index contributed by atoms with van der Waals surface area (Å²) in [5.41, 5.74) is 1.24. The highest BCUT2D eigenvalue weighted by atomic mass is 32.2. The van der Waals surface area contributed by atoms with Crippen molar-refractivity contribution in [1.29, 1.82) is 0 Å². The van der Waals surface area contributed by atoms with Gasteiger partial charge in [-0.15, -0.1) is 0 Å². The first-order valence-electron chi connectivity index (χ1n) is 7.82. The molecule has 0 aliphatic rings. The van der Waals surface area contributed by atoms with Gasteiger partial charge < -0.3 is 15.4 Å². The molecule has 22 heavy (non-hydrogen) atoms. The van der Waals surface area contributed by atoms with Gasteiger partial charge in [-0.3, -0.25) is 4.99 Å². The van der Waals surface area contributed by atoms with Crippen molar-refractivity contribution in [3.63, 3.8) is 0 Å². The van der Waals surface area contributed by atoms with Gasteiger partial charge in [0, 0.05) is 13.6 Å². The van der Waals surface area contributed by atoms with Gasteiger partial charge in [0.15, 0.2) is 5.96 Å². The van der Waals surface area contributed by atoms with E-state index in [4.69, 9.17) is 4.74 Å². The highest BCUT2D eigenvalue weighted by Crippen LogP contribution is 2.12. The molecule has 0 amide bonds. The summed E-state index contributed by atoms with van der Waals surface area (Å²) in [5, 5.41) is 6.63. The fraction of sp³-hybridized carbons (Fsp3) is 0.588. The van der Waals surface area contributed by atoms with Gasteiger partial charge in [-0.25, -0.2) is 0 Å². The summed E-state index contributed by atoms with van der Waals surface area (Å²) in [4.78, 5) is 4.23. The van der Waals surface area contributed by atoms with Gasteiger partial charge in [-0.1, -0.05) is 17.7 Å². The first kappa shape index (κ1) is 18.7. The number of aryl methyl sites for hydroxylation is 1. The quantitative estimate of drug-likeness (QED) is 0.416. The number of guanidine groups is 1. The van der Waals surface area contributed by atoms with Gasteiger partial charge in [-0.2, -0.15) is 11.8 Å². The van der Waals surface area contributed by atoms with E-state index >= 15 is 0 Å². The number of hydrogen-bond donors (Lipinski definition) is 2. The summed E-state index contributed by atoms with van der Waals surface area (Å²) in [7, 11) is 1.79. The molecule has 0 heterocycles. The van der Waals surface area contributed by atoms with Gasteiger partial charge in [0.05, 0.1) is 6.54 Å². The van der Waals surface area contributed by atoms with Crippen LogP contribution in [0.1, 0.15) is 25.3 Å². The van der Waals surface area contributed by atoms with Crippen LogP contribution in [-0.2, 0) is 0 Å². The molecule has 2 N–H and O–H groups in total. The molecule has 0 saturated heterocycles. The Morgan fingerprint density at radius 2 is 1.95 bits per heavy atom. The number of thioether (sulfide) groups is 1. The molecule has 1 aromatic carbocycles. The summed E-state index contributed by atoms with van der Waals surface area (Å²) in [5.74, 6) is 2.96. The molecule has 124 valence electrons. The van der Waals surface area contributed by atoms with Crippen LogP contribution in [0, 0.1) is 6.92 Å². The molecule has 0 aromatic heterocycles. The lowest BCUT2D eigenvalue weighted by molar-refractivity contribution is 0.224. The van der Waals surface area contributed by atoms with E-state index in [1.807, 2.05) is 23.9 Å². The molecule has 1 rings (SSSR count). The molecule has 1 unspecified atom stereocenters. The molecule has 0 aliphatic carbocycles. The zero-order valence-corrected chi connectivity index (χ0v) is 15.0. The Kier molecular flexibility index (Phi) is 9.55. The minimum atomic E-state index is 0.0812. The van der Waals surface area contributed by atoms with Crippen molar-refractivity contribution in [2.75, 3.05) is 32.1 Å². The van der Waals surface area contributed by atoms with E-state index in [0.29, 0.717) is 0 Å². The largest absolute Gasteiger partial charge is 0.489 e. The summed E-state index contributed by atoms with van der Waals surface area (Å²) < 4.78 is 5.87. The number of unbranched alkanes of at least 4 members (excludes halogenated alkanes) is 1. The lowest BCUT2D eigenvalue weighted by Gasteiger charge is -2.18. The highest BCUT2D eigenvalue weighted by Gasteiger charge is 2.05. The minimum Gasteiger partial charge on any atom is -0.489 e. The van der Waals surface area contributed by atoms with Crippen LogP contribution in [0.2, 0.25) is 0 Å². The van der Waals surface area contributed by atoms with Crippen LogP contribution in [0.15, 0.2) is 29.3 Å². The summed E-state index contributed by atoms with van der Waals surface area (Å²) in [6.45, 7) is 5.80. The van der Waals surface area contributed by atoms with E-state index in [0.717, 1.165) is 31.2 Å². The van der Waals surface area contributed by atoms with Crippen molar-refractivity contribution in [1.82, 2.24) is 10.6 Å². The normalized spacial score (nSPS) is 12.8. The third-order valence-electron chi connectivity index (χ3n) is 3.21. The third-order valence-corrected chi connectivity index (χ3v) is 3.90. The maximum Gasteiger partial charge on any atom is 0.191 e. The topological polar surface area (TPSA) is 45.7 Å². The Balaban J connectivity index is 2.23. The molecule has 5 heteroatoms. The fourth-order valence-electron chi connectivity index (χ4n) is 1.93. The molecule has 0 aliphatic heterocycles. The van der Waals surface area contributed by atoms with Crippen molar-refractivity contribution >= 4 is 17.7 Å². The first-order chi connectivity index (χ1) is 10.7. The minimum absolute atomic E-state index is 0.0812. The molecule has 1 atom stereocenters. The summed E-state index contributed by atoms with van der Waals surface area (Å²) in [6, 6.07) is 8.13. The Bertz CT molecular complexity index is 434. The highest BCUT2D eigenvalue weighted by molar-refractivity contribution is 7.98. The number of hydrogen-bond acceptors (Lipinski definition) is 3. The smallest absolute Gasteiger partial charge is 0.191 e. The predicted octanol–water partition coefficient (Wildman–Crippen LogP) is 3.07. The number of rotatable bonds is 9. The number of nitrogens with zero attached hydrogens (tertiary/aromatic N) is 1. The van der Waals surface area contributed by atoms with Crippen LogP contribution in [0.4, 0.5) is 0 Å². The SMILES string of the molecule is CN=C(NCCCCSC)NCC(C)Oc1ccc(C)cc1. The fourth-order valence-corrected chi connectivity index (χ4v) is 2.42. The molecule has 0 fully saturated rings. The second-order valence-corrected chi connectivity index (χ2v) is 6.31. The van der Waals surface area contributed by atoms with Crippen molar-refractivity contribution in [2.24, 2.45) is 4.99 Å². The molecule has 1 aromatic rings. The number of aliphatic imine (C=N–C) groups is 1. The molecule has 4 nitrogen and oxygen atoms in total. The van der Waals surface area contributed by atoms with Crippen molar-refractivity contribution < 1.29 is 4.74 Å². The van der Waals surface area contributed by atoms with Gasteiger partial charge in [-0.05, 0) is 50.8 Å². The Hall–Kier alpha value is -1.36. The zero-order valence-electron chi connectivity index (χ0n) is 14.2. The van der Waals surface area contributed by atoms with Gasteiger partial charge >= 0.3 is 0 Å². The molecule has 0 saturated carbocycles. The van der Waals surface area contributed by atoms with E-state index in [1.165, 1.54) is 17.7 Å². The summed E-state index contributed by atoms with van der Waals surface area (Å²) >= 11 is 1.89. The van der Waals surface area contributed by atoms with Crippen LogP contribution >= 0.6 is 11.8 Å². The van der Waals surface area contributed by atoms with E-state index in [-0.39, 0.29) is 6.10 Å². The lowest BCUT2D eigenvalue weighted by Crippen LogP contribution is -2.42. The maximum absolute atomic E-state index is 5.87. The first-order valence-corrected chi connectivity index (χ1v) is 9.22. The van der Waals surface area contributed by atoms with Crippen molar-refractivity contribution in [2.45, 2.75) is 32.8 Å². The predicted molar refractivity (Wildman–Crippen MR) is 98.2 cm³/mol. The van der Waals surface area contributed by atoms with Crippen LogP contribution in [-0.4, -0.2) is 44.2 Å². The van der Waals surface area contributed by atoms with Crippen molar-refractivity contribution in [3.8, 4) is 5.75 Å². The molecule has 0 bridgehead atoms. The monoisotopic (exact) mass is 323 g/mol. The number of benzene rings is 1. The lowest BCUT2D eigenvalue weighted by atomic mass is 10.2. The third kappa shape index (κ3) is 8.17. The van der Waals surface area contributed by atoms with E-state index < -0.39 is 0 Å². The van der Waals surface area contributed by atoms with Gasteiger partial charge in [0.2, 0.25) is 0 Å². The van der Waals surface area contributed by atoms with E-state index in [1.54, 1.807) is 7.05 Å². The van der Waals surface area contributed by atoms with Crippen molar-refractivity contribution in [3.05, 3.63) is 29.8 Å². The molecule has 0 spiro atoms. The number of nitrogens with one attached hydrogen (secondary N) is 2. The molecule has 0 radical (unpaired) electrons. The average Bonchev–Trinajstić information content (AvgIpc) is 2.52. The van der Waals surface area contributed by atoms with Crippen LogP contribution in [0.25, 0.3) is 0 Å². The van der Waals surface area contributed by atoms with Crippen LogP contribution in [0.5, 0.6) is 5.75 Å². The Labute approximate surface area is 139 Å². The maximum atomic E-state index is 5.87. The zero-order chi connectivity index (χ0) is 16.2. The standard InChI is InChI=1S/C17H29N3OS/c1-14-7-9-16(10-8-14)21-15(2)13-20-17(18-3)19-11-5-6-12-22-4/h7-10,15H,5-6,11-13H2,1-4H3,(H2,18,19,20). The molecular formula is C17H29N3OS. The van der Waals surface area contributed by atoms with Gasteiger partial charge in [0.1, 0.15) is 11.9 Å². The van der Waals surface area contributed by atoms with Crippen LogP contribution in [0.3, 0.4) is 0 Å². The molecular weight excluding hydrogens is 294 g/mol. The average molecular weight is 324 g/mol. The summed E-state index contributed by atoms with van der Waals surface area (Å²) in [6.07, 6.45) is 4.62. The van der Waals surface area contributed by atoms with E-state index in [2.05, 4.69) is 47.9 Å². The van der Waals surface area contributed by atoms with Crippen LogP contribution < -0.4 is 15.4 Å². The van der Waals surface area contributed by atoms with E-state index in [9.17, 15) is 0 Å². The second kappa shape index (κ2) is 11.2.